The predicted molar refractivity (Wildman–Crippen MR) is 92.8 cm³/mol. The molecule has 0 saturated heterocycles. The smallest absolute Gasteiger partial charge is 0.129 e. The van der Waals surface area contributed by atoms with Crippen LogP contribution in [0.1, 0.15) is 59.6 Å². The average molecular weight is 291 g/mol. The molecule has 3 heteroatoms. The maximum atomic E-state index is 4.86. The van der Waals surface area contributed by atoms with Gasteiger partial charge < -0.3 is 10.2 Å². The van der Waals surface area contributed by atoms with Gasteiger partial charge in [-0.2, -0.15) is 0 Å². The van der Waals surface area contributed by atoms with Crippen molar-refractivity contribution in [2.24, 2.45) is 5.92 Å². The summed E-state index contributed by atoms with van der Waals surface area (Å²) in [5.41, 5.74) is 1.14. The molecule has 3 nitrogen and oxygen atoms in total. The molecule has 1 rings (SSSR count). The van der Waals surface area contributed by atoms with E-state index in [9.17, 15) is 0 Å². The van der Waals surface area contributed by atoms with Gasteiger partial charge in [0.25, 0.3) is 0 Å². The molecule has 0 amide bonds. The van der Waals surface area contributed by atoms with E-state index >= 15 is 0 Å². The fraction of sp³-hybridized carbons (Fsp3) is 0.722. The summed E-state index contributed by atoms with van der Waals surface area (Å²) in [6, 6.07) is 6.94. The molecular weight excluding hydrogens is 258 g/mol. The second-order valence-electron chi connectivity index (χ2n) is 6.32. The number of aromatic nitrogens is 1. The zero-order valence-corrected chi connectivity index (χ0v) is 14.5. The van der Waals surface area contributed by atoms with E-state index in [2.05, 4.69) is 63.0 Å². The largest absolute Gasteiger partial charge is 0.354 e. The maximum Gasteiger partial charge on any atom is 0.129 e. The Bertz CT molecular complexity index is 390. The van der Waals surface area contributed by atoms with Gasteiger partial charge in [-0.05, 0) is 44.4 Å². The Hall–Kier alpha value is -1.09. The summed E-state index contributed by atoms with van der Waals surface area (Å²) in [5.74, 6) is 1.80. The zero-order valence-electron chi connectivity index (χ0n) is 14.5. The molecule has 0 aliphatic carbocycles. The molecular formula is C18H33N3. The Labute approximate surface area is 131 Å². The topological polar surface area (TPSA) is 28.2 Å². The van der Waals surface area contributed by atoms with Crippen molar-refractivity contribution in [3.05, 3.63) is 23.9 Å². The number of nitrogens with one attached hydrogen (secondary N) is 1. The van der Waals surface area contributed by atoms with E-state index in [-0.39, 0.29) is 0 Å². The second-order valence-corrected chi connectivity index (χ2v) is 6.32. The highest BCUT2D eigenvalue weighted by Crippen LogP contribution is 2.17. The summed E-state index contributed by atoms with van der Waals surface area (Å²) in [6.07, 6.45) is 3.60. The van der Waals surface area contributed by atoms with E-state index in [0.717, 1.165) is 37.6 Å². The number of hydrogen-bond acceptors (Lipinski definition) is 3. The molecule has 0 bridgehead atoms. The third kappa shape index (κ3) is 6.47. The molecule has 1 N–H and O–H groups in total. The molecule has 1 atom stereocenters. The van der Waals surface area contributed by atoms with Gasteiger partial charge in [0.15, 0.2) is 0 Å². The van der Waals surface area contributed by atoms with Crippen LogP contribution >= 0.6 is 0 Å². The standard InChI is InChI=1S/C18H33N3/c1-6-8-12-21(16(5)7-2)18-11-9-10-17(20-18)14-19-13-15(3)4/h9-11,15-16,19H,6-8,12-14H2,1-5H3. The second kappa shape index (κ2) is 9.78. The first kappa shape index (κ1) is 18.0. The highest BCUT2D eigenvalue weighted by Gasteiger charge is 2.14. The summed E-state index contributed by atoms with van der Waals surface area (Å²) in [6.45, 7) is 14.2. The van der Waals surface area contributed by atoms with Crippen molar-refractivity contribution in [2.45, 2.75) is 66.5 Å². The van der Waals surface area contributed by atoms with Crippen LogP contribution in [0.4, 0.5) is 5.82 Å². The van der Waals surface area contributed by atoms with Gasteiger partial charge in [0.2, 0.25) is 0 Å². The number of pyridine rings is 1. The van der Waals surface area contributed by atoms with Gasteiger partial charge in [-0.25, -0.2) is 4.98 Å². The molecule has 1 unspecified atom stereocenters. The van der Waals surface area contributed by atoms with Gasteiger partial charge in [-0.3, -0.25) is 0 Å². The Morgan fingerprint density at radius 2 is 1.95 bits per heavy atom. The predicted octanol–water partition coefficient (Wildman–Crippen LogP) is 4.23. The fourth-order valence-corrected chi connectivity index (χ4v) is 2.32. The van der Waals surface area contributed by atoms with E-state index in [4.69, 9.17) is 4.98 Å². The van der Waals surface area contributed by atoms with E-state index in [1.807, 2.05) is 0 Å². The monoisotopic (exact) mass is 291 g/mol. The Balaban J connectivity index is 2.73. The van der Waals surface area contributed by atoms with Gasteiger partial charge in [-0.15, -0.1) is 0 Å². The summed E-state index contributed by atoms with van der Waals surface area (Å²) in [7, 11) is 0. The molecule has 0 fully saturated rings. The van der Waals surface area contributed by atoms with Crippen LogP contribution in [-0.4, -0.2) is 24.1 Å². The van der Waals surface area contributed by atoms with E-state index in [1.54, 1.807) is 0 Å². The first-order valence-corrected chi connectivity index (χ1v) is 8.51. The number of anilines is 1. The molecule has 1 aromatic rings. The van der Waals surface area contributed by atoms with Crippen molar-refractivity contribution in [2.75, 3.05) is 18.0 Å². The van der Waals surface area contributed by atoms with E-state index in [1.165, 1.54) is 12.8 Å². The van der Waals surface area contributed by atoms with Crippen LogP contribution in [0.25, 0.3) is 0 Å². The Morgan fingerprint density at radius 1 is 1.19 bits per heavy atom. The lowest BCUT2D eigenvalue weighted by atomic mass is 10.2. The van der Waals surface area contributed by atoms with E-state index < -0.39 is 0 Å². The van der Waals surface area contributed by atoms with Crippen LogP contribution < -0.4 is 10.2 Å². The highest BCUT2D eigenvalue weighted by atomic mass is 15.2. The van der Waals surface area contributed by atoms with Crippen LogP contribution in [0.3, 0.4) is 0 Å². The zero-order chi connectivity index (χ0) is 15.7. The van der Waals surface area contributed by atoms with Gasteiger partial charge in [0.1, 0.15) is 5.82 Å². The number of unbranched alkanes of at least 4 members (excludes halogenated alkanes) is 1. The molecule has 0 aliphatic heterocycles. The van der Waals surface area contributed by atoms with Crippen LogP contribution in [-0.2, 0) is 6.54 Å². The molecule has 1 aromatic heterocycles. The molecule has 1 heterocycles. The summed E-state index contributed by atoms with van der Waals surface area (Å²) in [5, 5.41) is 3.47. The minimum absolute atomic E-state index is 0.544. The van der Waals surface area contributed by atoms with Gasteiger partial charge >= 0.3 is 0 Å². The quantitative estimate of drug-likeness (QED) is 0.699. The molecule has 0 radical (unpaired) electrons. The average Bonchev–Trinajstić information content (AvgIpc) is 2.47. The number of rotatable bonds is 10. The van der Waals surface area contributed by atoms with Gasteiger partial charge in [-0.1, -0.05) is 40.2 Å². The van der Waals surface area contributed by atoms with Crippen molar-refractivity contribution < 1.29 is 0 Å². The minimum atomic E-state index is 0.544. The van der Waals surface area contributed by atoms with E-state index in [0.29, 0.717) is 12.0 Å². The van der Waals surface area contributed by atoms with Gasteiger partial charge in [0.05, 0.1) is 5.69 Å². The van der Waals surface area contributed by atoms with Crippen molar-refractivity contribution in [1.82, 2.24) is 10.3 Å². The lowest BCUT2D eigenvalue weighted by Gasteiger charge is -2.30. The Morgan fingerprint density at radius 3 is 2.57 bits per heavy atom. The van der Waals surface area contributed by atoms with Crippen molar-refractivity contribution in [3.63, 3.8) is 0 Å². The SMILES string of the molecule is CCCCN(c1cccc(CNCC(C)C)n1)C(C)CC. The molecule has 0 aliphatic rings. The molecule has 21 heavy (non-hydrogen) atoms. The van der Waals surface area contributed by atoms with Crippen LogP contribution in [0.15, 0.2) is 18.2 Å². The Kier molecular flexibility index (Phi) is 8.36. The summed E-state index contributed by atoms with van der Waals surface area (Å²) in [4.78, 5) is 7.31. The van der Waals surface area contributed by atoms with Gasteiger partial charge in [0, 0.05) is 19.1 Å². The van der Waals surface area contributed by atoms with Crippen molar-refractivity contribution >= 4 is 5.82 Å². The normalized spacial score (nSPS) is 12.7. The molecule has 120 valence electrons. The number of nitrogens with zero attached hydrogens (tertiary/aromatic N) is 2. The van der Waals surface area contributed by atoms with Crippen molar-refractivity contribution in [3.8, 4) is 0 Å². The first-order chi connectivity index (χ1) is 10.1. The van der Waals surface area contributed by atoms with Crippen LogP contribution in [0.5, 0.6) is 0 Å². The third-order valence-electron chi connectivity index (χ3n) is 3.82. The molecule has 0 spiro atoms. The van der Waals surface area contributed by atoms with Crippen LogP contribution in [0.2, 0.25) is 0 Å². The fourth-order valence-electron chi connectivity index (χ4n) is 2.32. The lowest BCUT2D eigenvalue weighted by molar-refractivity contribution is 0.546. The summed E-state index contributed by atoms with van der Waals surface area (Å²) >= 11 is 0. The first-order valence-electron chi connectivity index (χ1n) is 8.51. The summed E-state index contributed by atoms with van der Waals surface area (Å²) < 4.78 is 0. The van der Waals surface area contributed by atoms with Crippen LogP contribution in [0, 0.1) is 5.92 Å². The third-order valence-corrected chi connectivity index (χ3v) is 3.82. The maximum absolute atomic E-state index is 4.86. The highest BCUT2D eigenvalue weighted by molar-refractivity contribution is 5.40. The minimum Gasteiger partial charge on any atom is -0.354 e. The molecule has 0 saturated carbocycles. The number of hydrogen-bond donors (Lipinski definition) is 1. The van der Waals surface area contributed by atoms with Crippen molar-refractivity contribution in [1.29, 1.82) is 0 Å². The molecule has 0 aromatic carbocycles. The lowest BCUT2D eigenvalue weighted by Crippen LogP contribution is -2.34.